The zero-order chi connectivity index (χ0) is 18.4. The third kappa shape index (κ3) is 4.80. The number of rotatable bonds is 6. The Balaban J connectivity index is 1.56. The first kappa shape index (κ1) is 17.9. The van der Waals surface area contributed by atoms with Crippen LogP contribution >= 0.6 is 11.8 Å². The summed E-state index contributed by atoms with van der Waals surface area (Å²) in [5.41, 5.74) is 6.23. The molecule has 0 saturated carbocycles. The molecule has 1 N–H and O–H groups in total. The highest BCUT2D eigenvalue weighted by Gasteiger charge is 2.06. The molecule has 0 aliphatic carbocycles. The maximum Gasteiger partial charge on any atom is 0.250 e. The quantitative estimate of drug-likeness (QED) is 0.315. The first-order valence-electron chi connectivity index (χ1n) is 8.11. The largest absolute Gasteiger partial charge is 0.316 e. The van der Waals surface area contributed by atoms with Gasteiger partial charge in [-0.3, -0.25) is 4.79 Å². The van der Waals surface area contributed by atoms with Gasteiger partial charge < -0.3 is 4.57 Å². The Morgan fingerprint density at radius 2 is 1.88 bits per heavy atom. The highest BCUT2D eigenvalue weighted by atomic mass is 32.2. The van der Waals surface area contributed by atoms with Crippen molar-refractivity contribution in [3.8, 4) is 5.69 Å². The van der Waals surface area contributed by atoms with E-state index in [0.29, 0.717) is 5.16 Å². The van der Waals surface area contributed by atoms with Gasteiger partial charge >= 0.3 is 0 Å². The van der Waals surface area contributed by atoms with E-state index in [1.807, 2.05) is 73.1 Å². The lowest BCUT2D eigenvalue weighted by atomic mass is 10.3. The van der Waals surface area contributed by atoms with Crippen LogP contribution in [0, 0.1) is 13.8 Å². The lowest BCUT2D eigenvalue weighted by molar-refractivity contribution is -0.118. The van der Waals surface area contributed by atoms with Gasteiger partial charge in [0.1, 0.15) is 0 Å². The summed E-state index contributed by atoms with van der Waals surface area (Å²) in [6.45, 7) is 3.82. The fourth-order valence-electron chi connectivity index (χ4n) is 2.41. The number of aryl methyl sites for hydroxylation is 2. The van der Waals surface area contributed by atoms with Crippen molar-refractivity contribution in [3.63, 3.8) is 0 Å². The minimum Gasteiger partial charge on any atom is -0.316 e. The molecule has 2 aromatic heterocycles. The molecule has 0 aliphatic rings. The summed E-state index contributed by atoms with van der Waals surface area (Å²) in [7, 11) is 0. The van der Waals surface area contributed by atoms with Crippen molar-refractivity contribution >= 4 is 23.9 Å². The SMILES string of the molecule is Cc1cc(C)nc(SCC(=O)N/N=C\c2cccn2-c2ccccc2)n1. The van der Waals surface area contributed by atoms with Crippen LogP contribution < -0.4 is 5.43 Å². The molecule has 1 amide bonds. The summed E-state index contributed by atoms with van der Waals surface area (Å²) in [5.74, 6) is 0.00625. The highest BCUT2D eigenvalue weighted by Crippen LogP contribution is 2.13. The minimum atomic E-state index is -0.202. The number of para-hydroxylation sites is 1. The predicted molar refractivity (Wildman–Crippen MR) is 104 cm³/mol. The molecule has 0 radical (unpaired) electrons. The fourth-order valence-corrected chi connectivity index (χ4v) is 3.16. The number of hydrazone groups is 1. The van der Waals surface area contributed by atoms with Gasteiger partial charge in [-0.05, 0) is 44.2 Å². The number of amides is 1. The number of benzene rings is 1. The first-order valence-corrected chi connectivity index (χ1v) is 9.10. The Morgan fingerprint density at radius 1 is 1.15 bits per heavy atom. The fraction of sp³-hybridized carbons (Fsp3) is 0.158. The second kappa shape index (κ2) is 8.44. The molecule has 132 valence electrons. The summed E-state index contributed by atoms with van der Waals surface area (Å²) in [5, 5.41) is 4.64. The van der Waals surface area contributed by atoms with Crippen LogP contribution in [0.3, 0.4) is 0 Å². The Bertz CT molecular complexity index is 900. The molecule has 0 aliphatic heterocycles. The smallest absolute Gasteiger partial charge is 0.250 e. The van der Waals surface area contributed by atoms with Gasteiger partial charge in [0.25, 0.3) is 5.91 Å². The number of carbonyl (C=O) groups is 1. The molecule has 7 heteroatoms. The monoisotopic (exact) mass is 365 g/mol. The summed E-state index contributed by atoms with van der Waals surface area (Å²) < 4.78 is 1.99. The van der Waals surface area contributed by atoms with Crippen molar-refractivity contribution < 1.29 is 4.79 Å². The summed E-state index contributed by atoms with van der Waals surface area (Å²) >= 11 is 1.29. The van der Waals surface area contributed by atoms with Gasteiger partial charge in [0, 0.05) is 23.3 Å². The molecule has 3 rings (SSSR count). The van der Waals surface area contributed by atoms with Gasteiger partial charge in [-0.1, -0.05) is 30.0 Å². The van der Waals surface area contributed by atoms with Crippen LogP contribution in [0.1, 0.15) is 17.1 Å². The molecule has 0 spiro atoms. The third-order valence-electron chi connectivity index (χ3n) is 3.49. The maximum absolute atomic E-state index is 12.0. The van der Waals surface area contributed by atoms with E-state index in [4.69, 9.17) is 0 Å². The normalized spacial score (nSPS) is 11.0. The van der Waals surface area contributed by atoms with E-state index in [1.165, 1.54) is 11.8 Å². The Morgan fingerprint density at radius 3 is 2.62 bits per heavy atom. The van der Waals surface area contributed by atoms with E-state index in [-0.39, 0.29) is 11.7 Å². The molecule has 6 nitrogen and oxygen atoms in total. The molecule has 2 heterocycles. The van der Waals surface area contributed by atoms with Crippen molar-refractivity contribution in [2.45, 2.75) is 19.0 Å². The van der Waals surface area contributed by atoms with Gasteiger partial charge in [0.15, 0.2) is 5.16 Å². The Kier molecular flexibility index (Phi) is 5.80. The summed E-state index contributed by atoms with van der Waals surface area (Å²) in [6, 6.07) is 15.7. The standard InChI is InChI=1S/C19H19N5OS/c1-14-11-15(2)22-19(21-14)26-13-18(25)23-20-12-17-9-6-10-24(17)16-7-4-3-5-8-16/h3-12H,13H2,1-2H3,(H,23,25)/b20-12-. The number of hydrogen-bond acceptors (Lipinski definition) is 5. The van der Waals surface area contributed by atoms with Crippen LogP contribution in [0.5, 0.6) is 0 Å². The number of hydrogen-bond donors (Lipinski definition) is 1. The van der Waals surface area contributed by atoms with Crippen LogP contribution in [-0.2, 0) is 4.79 Å². The van der Waals surface area contributed by atoms with E-state index in [1.54, 1.807) is 6.21 Å². The molecule has 0 atom stereocenters. The number of aromatic nitrogens is 3. The van der Waals surface area contributed by atoms with Gasteiger partial charge in [0.2, 0.25) is 0 Å². The first-order chi connectivity index (χ1) is 12.6. The van der Waals surface area contributed by atoms with Gasteiger partial charge in [-0.15, -0.1) is 0 Å². The molecule has 26 heavy (non-hydrogen) atoms. The van der Waals surface area contributed by atoms with Crippen LogP contribution in [0.4, 0.5) is 0 Å². The van der Waals surface area contributed by atoms with Crippen molar-refractivity contribution in [2.75, 3.05) is 5.75 Å². The van der Waals surface area contributed by atoms with Crippen LogP contribution in [0.25, 0.3) is 5.69 Å². The van der Waals surface area contributed by atoms with Gasteiger partial charge in [0.05, 0.1) is 17.7 Å². The average molecular weight is 365 g/mol. The second-order valence-electron chi connectivity index (χ2n) is 5.65. The van der Waals surface area contributed by atoms with Crippen molar-refractivity contribution in [1.82, 2.24) is 20.0 Å². The van der Waals surface area contributed by atoms with E-state index in [0.717, 1.165) is 22.8 Å². The van der Waals surface area contributed by atoms with Crippen molar-refractivity contribution in [3.05, 3.63) is 71.8 Å². The molecular weight excluding hydrogens is 346 g/mol. The topological polar surface area (TPSA) is 72.2 Å². The molecule has 0 bridgehead atoms. The molecule has 0 saturated heterocycles. The number of nitrogens with one attached hydrogen (secondary N) is 1. The van der Waals surface area contributed by atoms with Crippen LogP contribution in [0.2, 0.25) is 0 Å². The molecule has 0 fully saturated rings. The number of thioether (sulfide) groups is 1. The average Bonchev–Trinajstić information content (AvgIpc) is 3.08. The van der Waals surface area contributed by atoms with Gasteiger partial charge in [-0.25, -0.2) is 15.4 Å². The lowest BCUT2D eigenvalue weighted by Crippen LogP contribution is -2.20. The van der Waals surface area contributed by atoms with Crippen molar-refractivity contribution in [2.24, 2.45) is 5.10 Å². The number of nitrogens with zero attached hydrogens (tertiary/aromatic N) is 4. The molecular formula is C19H19N5OS. The van der Waals surface area contributed by atoms with E-state index >= 15 is 0 Å². The van der Waals surface area contributed by atoms with Crippen LogP contribution in [-0.4, -0.2) is 32.4 Å². The van der Waals surface area contributed by atoms with Gasteiger partial charge in [-0.2, -0.15) is 5.10 Å². The lowest BCUT2D eigenvalue weighted by Gasteiger charge is -2.05. The minimum absolute atomic E-state index is 0.202. The summed E-state index contributed by atoms with van der Waals surface area (Å²) in [6.07, 6.45) is 3.58. The maximum atomic E-state index is 12.0. The summed E-state index contributed by atoms with van der Waals surface area (Å²) in [4.78, 5) is 20.6. The zero-order valence-electron chi connectivity index (χ0n) is 14.6. The van der Waals surface area contributed by atoms with E-state index in [2.05, 4.69) is 20.5 Å². The number of carbonyl (C=O) groups excluding carboxylic acids is 1. The zero-order valence-corrected chi connectivity index (χ0v) is 15.4. The van der Waals surface area contributed by atoms with E-state index < -0.39 is 0 Å². The molecule has 0 unspecified atom stereocenters. The van der Waals surface area contributed by atoms with E-state index in [9.17, 15) is 4.79 Å². The Hall–Kier alpha value is -2.93. The second-order valence-corrected chi connectivity index (χ2v) is 6.60. The third-order valence-corrected chi connectivity index (χ3v) is 4.34. The molecule has 3 aromatic rings. The Labute approximate surface area is 156 Å². The molecule has 1 aromatic carbocycles. The van der Waals surface area contributed by atoms with Crippen molar-refractivity contribution in [1.29, 1.82) is 0 Å². The highest BCUT2D eigenvalue weighted by molar-refractivity contribution is 7.99. The predicted octanol–water partition coefficient (Wildman–Crippen LogP) is 3.13. The van der Waals surface area contributed by atoms with Crippen LogP contribution in [0.15, 0.2) is 65.0 Å².